The van der Waals surface area contributed by atoms with Gasteiger partial charge in [-0.25, -0.2) is 0 Å². The van der Waals surface area contributed by atoms with Crippen LogP contribution < -0.4 is 0 Å². The van der Waals surface area contributed by atoms with Crippen LogP contribution in [0, 0.1) is 0 Å². The SMILES string of the molecule is CC(O)(CC=O)c1ccc(-c2ccccc2)cc1. The van der Waals surface area contributed by atoms with Crippen LogP contribution in [0.2, 0.25) is 0 Å². The summed E-state index contributed by atoms with van der Waals surface area (Å²) in [6.45, 7) is 1.65. The minimum absolute atomic E-state index is 0.109. The Morgan fingerprint density at radius 3 is 2.11 bits per heavy atom. The Balaban J connectivity index is 2.28. The molecule has 0 amide bonds. The topological polar surface area (TPSA) is 37.3 Å². The van der Waals surface area contributed by atoms with Crippen LogP contribution in [0.15, 0.2) is 54.6 Å². The number of aldehydes is 1. The first-order valence-corrected chi connectivity index (χ1v) is 5.95. The summed E-state index contributed by atoms with van der Waals surface area (Å²) < 4.78 is 0. The monoisotopic (exact) mass is 240 g/mol. The van der Waals surface area contributed by atoms with Gasteiger partial charge in [0.15, 0.2) is 0 Å². The van der Waals surface area contributed by atoms with Crippen molar-refractivity contribution in [1.29, 1.82) is 0 Å². The Morgan fingerprint density at radius 1 is 1.00 bits per heavy atom. The summed E-state index contributed by atoms with van der Waals surface area (Å²) in [6.07, 6.45) is 0.850. The van der Waals surface area contributed by atoms with Gasteiger partial charge in [0.1, 0.15) is 6.29 Å². The van der Waals surface area contributed by atoms with E-state index in [1.54, 1.807) is 6.92 Å². The van der Waals surface area contributed by atoms with Gasteiger partial charge in [-0.3, -0.25) is 0 Å². The molecule has 2 aromatic rings. The largest absolute Gasteiger partial charge is 0.385 e. The average molecular weight is 240 g/mol. The molecule has 2 rings (SSSR count). The minimum Gasteiger partial charge on any atom is -0.385 e. The number of hydrogen-bond acceptors (Lipinski definition) is 2. The molecule has 0 aliphatic rings. The van der Waals surface area contributed by atoms with Gasteiger partial charge in [-0.15, -0.1) is 0 Å². The summed E-state index contributed by atoms with van der Waals surface area (Å²) in [4.78, 5) is 10.5. The summed E-state index contributed by atoms with van der Waals surface area (Å²) in [5.74, 6) is 0. The molecule has 0 saturated heterocycles. The Morgan fingerprint density at radius 2 is 1.56 bits per heavy atom. The molecule has 18 heavy (non-hydrogen) atoms. The third kappa shape index (κ3) is 2.66. The van der Waals surface area contributed by atoms with Crippen molar-refractivity contribution in [3.8, 4) is 11.1 Å². The number of aliphatic hydroxyl groups is 1. The summed E-state index contributed by atoms with van der Waals surface area (Å²) in [5.41, 5.74) is 1.91. The molecule has 0 aliphatic heterocycles. The number of carbonyl (C=O) groups excluding carboxylic acids is 1. The Kier molecular flexibility index (Phi) is 3.58. The second-order valence-corrected chi connectivity index (χ2v) is 4.59. The number of hydrogen-bond donors (Lipinski definition) is 1. The van der Waals surface area contributed by atoms with Gasteiger partial charge in [0.2, 0.25) is 0 Å². The molecule has 0 aliphatic carbocycles. The lowest BCUT2D eigenvalue weighted by molar-refractivity contribution is -0.112. The van der Waals surface area contributed by atoms with E-state index >= 15 is 0 Å². The molecule has 0 radical (unpaired) electrons. The zero-order valence-corrected chi connectivity index (χ0v) is 10.3. The van der Waals surface area contributed by atoms with Crippen molar-refractivity contribution in [3.63, 3.8) is 0 Å². The van der Waals surface area contributed by atoms with Gasteiger partial charge in [-0.1, -0.05) is 54.6 Å². The molecule has 2 aromatic carbocycles. The third-order valence-corrected chi connectivity index (χ3v) is 3.09. The zero-order valence-electron chi connectivity index (χ0n) is 10.3. The Bertz CT molecular complexity index is 513. The maximum absolute atomic E-state index is 10.5. The summed E-state index contributed by atoms with van der Waals surface area (Å²) in [5, 5.41) is 10.1. The van der Waals surface area contributed by atoms with Crippen LogP contribution in [-0.4, -0.2) is 11.4 Å². The third-order valence-electron chi connectivity index (χ3n) is 3.09. The molecule has 92 valence electrons. The fourth-order valence-corrected chi connectivity index (χ4v) is 1.93. The van der Waals surface area contributed by atoms with E-state index in [0.717, 1.165) is 23.0 Å². The van der Waals surface area contributed by atoms with Crippen LogP contribution in [0.4, 0.5) is 0 Å². The molecule has 0 spiro atoms. The van der Waals surface area contributed by atoms with Crippen LogP contribution >= 0.6 is 0 Å². The normalized spacial score (nSPS) is 13.9. The molecular formula is C16H16O2. The highest BCUT2D eigenvalue weighted by molar-refractivity contribution is 5.63. The van der Waals surface area contributed by atoms with Crippen molar-refractivity contribution in [2.45, 2.75) is 18.9 Å². The van der Waals surface area contributed by atoms with E-state index in [1.807, 2.05) is 54.6 Å². The van der Waals surface area contributed by atoms with Crippen LogP contribution in [0.1, 0.15) is 18.9 Å². The first kappa shape index (κ1) is 12.5. The molecule has 0 bridgehead atoms. The first-order chi connectivity index (χ1) is 8.63. The van der Waals surface area contributed by atoms with E-state index in [4.69, 9.17) is 0 Å². The summed E-state index contributed by atoms with van der Waals surface area (Å²) >= 11 is 0. The molecule has 2 nitrogen and oxygen atoms in total. The van der Waals surface area contributed by atoms with Crippen LogP contribution in [-0.2, 0) is 10.4 Å². The highest BCUT2D eigenvalue weighted by Crippen LogP contribution is 2.26. The van der Waals surface area contributed by atoms with E-state index in [1.165, 1.54) is 0 Å². The van der Waals surface area contributed by atoms with Gasteiger partial charge >= 0.3 is 0 Å². The molecule has 1 N–H and O–H groups in total. The maximum Gasteiger partial charge on any atom is 0.123 e. The smallest absolute Gasteiger partial charge is 0.123 e. The number of carbonyl (C=O) groups is 1. The van der Waals surface area contributed by atoms with Crippen molar-refractivity contribution in [3.05, 3.63) is 60.2 Å². The van der Waals surface area contributed by atoms with Gasteiger partial charge in [0, 0.05) is 6.42 Å². The van der Waals surface area contributed by atoms with Crippen molar-refractivity contribution < 1.29 is 9.90 Å². The Labute approximate surface area is 107 Å². The molecule has 0 fully saturated rings. The van der Waals surface area contributed by atoms with Gasteiger partial charge < -0.3 is 9.90 Å². The summed E-state index contributed by atoms with van der Waals surface area (Å²) in [7, 11) is 0. The van der Waals surface area contributed by atoms with Crippen molar-refractivity contribution in [2.24, 2.45) is 0 Å². The highest BCUT2D eigenvalue weighted by Gasteiger charge is 2.22. The number of rotatable bonds is 4. The van der Waals surface area contributed by atoms with Crippen LogP contribution in [0.5, 0.6) is 0 Å². The van der Waals surface area contributed by atoms with E-state index in [-0.39, 0.29) is 6.42 Å². The van der Waals surface area contributed by atoms with Gasteiger partial charge in [0.05, 0.1) is 5.60 Å². The molecule has 1 atom stereocenters. The predicted molar refractivity (Wildman–Crippen MR) is 72.1 cm³/mol. The second-order valence-electron chi connectivity index (χ2n) is 4.59. The maximum atomic E-state index is 10.5. The predicted octanol–water partition coefficient (Wildman–Crippen LogP) is 3.15. The minimum atomic E-state index is -1.09. The summed E-state index contributed by atoms with van der Waals surface area (Å²) in [6, 6.07) is 17.7. The highest BCUT2D eigenvalue weighted by atomic mass is 16.3. The molecule has 0 aromatic heterocycles. The average Bonchev–Trinajstić information content (AvgIpc) is 2.40. The van der Waals surface area contributed by atoms with Gasteiger partial charge in [-0.05, 0) is 23.6 Å². The fraction of sp³-hybridized carbons (Fsp3) is 0.188. The lowest BCUT2D eigenvalue weighted by atomic mass is 9.91. The van der Waals surface area contributed by atoms with Gasteiger partial charge in [0.25, 0.3) is 0 Å². The van der Waals surface area contributed by atoms with E-state index in [0.29, 0.717) is 0 Å². The molecular weight excluding hydrogens is 224 g/mol. The van der Waals surface area contributed by atoms with Crippen molar-refractivity contribution >= 4 is 6.29 Å². The van der Waals surface area contributed by atoms with E-state index < -0.39 is 5.60 Å². The van der Waals surface area contributed by atoms with E-state index in [2.05, 4.69) is 0 Å². The molecule has 0 saturated carbocycles. The second kappa shape index (κ2) is 5.15. The first-order valence-electron chi connectivity index (χ1n) is 5.95. The number of benzene rings is 2. The lowest BCUT2D eigenvalue weighted by Crippen LogP contribution is -2.21. The Hall–Kier alpha value is -1.93. The van der Waals surface area contributed by atoms with E-state index in [9.17, 15) is 9.90 Å². The zero-order chi connectivity index (χ0) is 13.0. The van der Waals surface area contributed by atoms with Crippen LogP contribution in [0.3, 0.4) is 0 Å². The lowest BCUT2D eigenvalue weighted by Gasteiger charge is -2.21. The van der Waals surface area contributed by atoms with Crippen molar-refractivity contribution in [2.75, 3.05) is 0 Å². The van der Waals surface area contributed by atoms with Crippen LogP contribution in [0.25, 0.3) is 11.1 Å². The quantitative estimate of drug-likeness (QED) is 0.833. The fourth-order valence-electron chi connectivity index (χ4n) is 1.93. The standard InChI is InChI=1S/C16H16O2/c1-16(18,11-12-17)15-9-7-14(8-10-15)13-5-3-2-4-6-13/h2-10,12,18H,11H2,1H3. The molecule has 1 unspecified atom stereocenters. The van der Waals surface area contributed by atoms with Gasteiger partial charge in [-0.2, -0.15) is 0 Å². The van der Waals surface area contributed by atoms with Crippen molar-refractivity contribution in [1.82, 2.24) is 0 Å². The molecule has 2 heteroatoms. The molecule has 0 heterocycles.